The first-order valence-corrected chi connectivity index (χ1v) is 35.9. The van der Waals surface area contributed by atoms with Crippen LogP contribution in [0.3, 0.4) is 0 Å². The van der Waals surface area contributed by atoms with Crippen molar-refractivity contribution in [1.82, 2.24) is 0 Å². The summed E-state index contributed by atoms with van der Waals surface area (Å²) in [6.07, 6.45) is 26.5. The van der Waals surface area contributed by atoms with Gasteiger partial charge in [0.2, 0.25) is 0 Å². The minimum absolute atomic E-state index is 0. The number of rotatable bonds is 10. The van der Waals surface area contributed by atoms with Crippen LogP contribution in [0.15, 0.2) is 83.9 Å². The number of hydrogen-bond donors (Lipinski definition) is 0. The summed E-state index contributed by atoms with van der Waals surface area (Å²) in [5, 5.41) is 0. The van der Waals surface area contributed by atoms with Gasteiger partial charge in [0.15, 0.2) is 0 Å². The molecule has 4 aliphatic carbocycles. The number of fused-ring (bicyclic) bond motifs is 2. The van der Waals surface area contributed by atoms with Crippen molar-refractivity contribution < 1.29 is 17.4 Å². The molecule has 2 atom stereocenters. The first-order valence-electron chi connectivity index (χ1n) is 22.9. The van der Waals surface area contributed by atoms with Gasteiger partial charge in [-0.15, -0.1) is 24.8 Å². The molecule has 0 saturated heterocycles. The smallest absolute Gasteiger partial charge is 0.147 e. The second-order valence-corrected chi connectivity index (χ2v) is 48.5. The molecule has 4 aromatic rings. The summed E-state index contributed by atoms with van der Waals surface area (Å²) in [5.74, 6) is 1.64. The Labute approximate surface area is 367 Å². The van der Waals surface area contributed by atoms with Crippen LogP contribution in [0.4, 0.5) is 0 Å². The van der Waals surface area contributed by atoms with Crippen LogP contribution in [0.25, 0.3) is 34.4 Å². The first-order chi connectivity index (χ1) is 27.0. The fourth-order valence-corrected chi connectivity index (χ4v) is 38.9. The normalized spacial score (nSPS) is 20.2. The van der Waals surface area contributed by atoms with E-state index in [1.807, 2.05) is 11.1 Å². The largest absolute Gasteiger partial charge is 0.147 e. The number of hydrogen-bond acceptors (Lipinski definition) is 0. The van der Waals surface area contributed by atoms with Gasteiger partial charge in [0.05, 0.1) is 0 Å². The van der Waals surface area contributed by atoms with Gasteiger partial charge in [0.25, 0.3) is 0 Å². The minimum Gasteiger partial charge on any atom is -0.147 e. The van der Waals surface area contributed by atoms with E-state index in [1.165, 1.54) is 145 Å². The van der Waals surface area contributed by atoms with Crippen molar-refractivity contribution in [3.63, 3.8) is 0 Å². The molecule has 0 aromatic heterocycles. The zero-order chi connectivity index (χ0) is 39.1. The molecule has 0 heterocycles. The molecule has 0 amide bonds. The molecule has 8 rings (SSSR count). The van der Waals surface area contributed by atoms with Crippen LogP contribution in [-0.4, -0.2) is 6.88 Å². The summed E-state index contributed by atoms with van der Waals surface area (Å²) in [4.78, 5) is 0. The fraction of sp³-hybridized carbons (Fsp3) is 0.481. The van der Waals surface area contributed by atoms with Gasteiger partial charge in [0, 0.05) is 0 Å². The van der Waals surface area contributed by atoms with Gasteiger partial charge in [-0.3, -0.25) is 0 Å². The van der Waals surface area contributed by atoms with E-state index in [0.29, 0.717) is 7.25 Å². The second kappa shape index (κ2) is 19.0. The van der Waals surface area contributed by atoms with Crippen molar-refractivity contribution in [3.05, 3.63) is 128 Å². The maximum absolute atomic E-state index is 3.97. The zero-order valence-electron chi connectivity index (χ0n) is 36.7. The van der Waals surface area contributed by atoms with Gasteiger partial charge >= 0.3 is 346 Å². The molecule has 58 heavy (non-hydrogen) atoms. The maximum atomic E-state index is 3.00. The Morgan fingerprint density at radius 3 is 1.24 bits per heavy atom. The van der Waals surface area contributed by atoms with Gasteiger partial charge in [-0.25, -0.2) is 0 Å². The third kappa shape index (κ3) is 9.13. The fourth-order valence-electron chi connectivity index (χ4n) is 13.1. The van der Waals surface area contributed by atoms with Crippen molar-refractivity contribution in [1.29, 1.82) is 0 Å². The molecular formula is C54H72Cl2SiZr. The van der Waals surface area contributed by atoms with Gasteiger partial charge in [-0.2, -0.15) is 0 Å². The van der Waals surface area contributed by atoms with Crippen molar-refractivity contribution >= 4 is 43.8 Å². The molecule has 4 aliphatic rings. The molecule has 4 heteroatoms. The van der Waals surface area contributed by atoms with E-state index in [2.05, 4.69) is 131 Å². The summed E-state index contributed by atoms with van der Waals surface area (Å²) < 4.78 is 5.58. The van der Waals surface area contributed by atoms with E-state index in [0.717, 1.165) is 11.8 Å². The molecule has 0 radical (unpaired) electrons. The van der Waals surface area contributed by atoms with Crippen molar-refractivity contribution in [3.8, 4) is 22.3 Å². The van der Waals surface area contributed by atoms with Crippen molar-refractivity contribution in [2.45, 2.75) is 147 Å². The van der Waals surface area contributed by atoms with Crippen LogP contribution in [0, 0.1) is 39.5 Å². The van der Waals surface area contributed by atoms with Crippen molar-refractivity contribution in [2.75, 3.05) is 0 Å². The molecule has 4 aromatic carbocycles. The van der Waals surface area contributed by atoms with Gasteiger partial charge < -0.3 is 0 Å². The van der Waals surface area contributed by atoms with E-state index in [1.54, 1.807) is 22.3 Å². The molecular weight excluding hydrogens is 839 g/mol. The molecule has 0 aliphatic heterocycles. The quantitative estimate of drug-likeness (QED) is 0.110. The molecule has 2 fully saturated rings. The molecule has 0 N–H and O–H groups in total. The van der Waals surface area contributed by atoms with Crippen LogP contribution < -0.4 is 0 Å². The summed E-state index contributed by atoms with van der Waals surface area (Å²) in [5.41, 5.74) is 21.4. The Balaban J connectivity index is 0.00000283. The summed E-state index contributed by atoms with van der Waals surface area (Å²) in [6, 6.07) is 29.5. The standard InChI is InChI=1S/2C25H29.C3H7.CH3.2ClH.H2Si.Zr/c2*1-18-12-19(2)14-23(13-18)24-11-7-10-22-16-21(17-25(22)24)15-20-8-5-3-4-6-9-20;1-3-2;;;;;/h2*7,10-14,16-17,20H,3-6,8-9,15H2,1-2H3;1,3H2,2H3;1H3;2*1H;1H2;. The van der Waals surface area contributed by atoms with Crippen LogP contribution in [0.5, 0.6) is 0 Å². The topological polar surface area (TPSA) is 0 Å². The Kier molecular flexibility index (Phi) is 14.9. The van der Waals surface area contributed by atoms with Gasteiger partial charge in [-0.05, 0) is 0 Å². The Morgan fingerprint density at radius 2 is 0.897 bits per heavy atom. The van der Waals surface area contributed by atoms with Crippen LogP contribution in [-0.2, 0) is 17.4 Å². The van der Waals surface area contributed by atoms with E-state index in [-0.39, 0.29) is 24.8 Å². The average Bonchev–Trinajstić information content (AvgIpc) is 3.46. The SMILES string of the molecule is CC[CH2][Zr]([CH3])(=[SiH2])([CH]1C(CC2CCCCCC2)=Cc2c(-c3cc(C)cc(C)c3)cccc21)[CH]1C(CC2CCCCCC2)=Cc2c(-c3cc(C)cc(C)c3)cccc21.Cl.Cl. The van der Waals surface area contributed by atoms with Gasteiger partial charge in [0.1, 0.15) is 0 Å². The van der Waals surface area contributed by atoms with Crippen LogP contribution in [0.1, 0.15) is 155 Å². The molecule has 2 unspecified atom stereocenters. The van der Waals surface area contributed by atoms with E-state index in [9.17, 15) is 0 Å². The molecule has 310 valence electrons. The third-order valence-corrected chi connectivity index (χ3v) is 38.6. The van der Waals surface area contributed by atoms with E-state index < -0.39 is 17.4 Å². The Bertz CT molecular complexity index is 2040. The molecule has 0 nitrogen and oxygen atoms in total. The summed E-state index contributed by atoms with van der Waals surface area (Å²) >= 11 is -3.97. The average molecular weight is 911 g/mol. The van der Waals surface area contributed by atoms with Crippen molar-refractivity contribution in [2.24, 2.45) is 11.8 Å². The Morgan fingerprint density at radius 1 is 0.534 bits per heavy atom. The monoisotopic (exact) mass is 908 g/mol. The predicted octanol–water partition coefficient (Wildman–Crippen LogP) is 16.5. The number of aryl methyl sites for hydroxylation is 4. The van der Waals surface area contributed by atoms with E-state index in [4.69, 9.17) is 0 Å². The molecule has 2 saturated carbocycles. The second-order valence-electron chi connectivity index (χ2n) is 20.1. The first kappa shape index (κ1) is 45.6. The van der Waals surface area contributed by atoms with Crippen LogP contribution >= 0.6 is 24.8 Å². The molecule has 0 bridgehead atoms. The number of allylic oxidation sites excluding steroid dienone is 2. The molecule has 0 spiro atoms. The Hall–Kier alpha value is -1.96. The van der Waals surface area contributed by atoms with E-state index >= 15 is 0 Å². The zero-order valence-corrected chi connectivity index (χ0v) is 42.2. The maximum Gasteiger partial charge on any atom is -0.147 e. The minimum atomic E-state index is -3.97. The van der Waals surface area contributed by atoms with Crippen LogP contribution in [0.2, 0.25) is 8.76 Å². The van der Waals surface area contributed by atoms with Gasteiger partial charge in [-0.1, -0.05) is 0 Å². The number of benzene rings is 4. The predicted molar refractivity (Wildman–Crippen MR) is 260 cm³/mol. The summed E-state index contributed by atoms with van der Waals surface area (Å²) in [7, 11) is 0. The summed E-state index contributed by atoms with van der Waals surface area (Å²) in [6.45, 7) is 14.3. The third-order valence-electron chi connectivity index (χ3n) is 15.1. The number of halogens is 2.